The maximum Gasteiger partial charge on any atom is 0.227 e. The van der Waals surface area contributed by atoms with Crippen LogP contribution in [0.5, 0.6) is 5.75 Å². The van der Waals surface area contributed by atoms with Gasteiger partial charge >= 0.3 is 0 Å². The molecule has 0 saturated carbocycles. The number of fused-ring (bicyclic) bond motifs is 1. The van der Waals surface area contributed by atoms with Crippen molar-refractivity contribution < 1.29 is 14.3 Å². The van der Waals surface area contributed by atoms with E-state index in [-0.39, 0.29) is 24.2 Å². The van der Waals surface area contributed by atoms with Crippen LogP contribution in [0.2, 0.25) is 0 Å². The van der Waals surface area contributed by atoms with Gasteiger partial charge in [0.05, 0.1) is 13.0 Å². The number of amides is 2. The first-order valence-electron chi connectivity index (χ1n) is 10.8. The van der Waals surface area contributed by atoms with Gasteiger partial charge in [0.1, 0.15) is 5.75 Å². The highest BCUT2D eigenvalue weighted by Crippen LogP contribution is 2.27. The Morgan fingerprint density at radius 1 is 1.23 bits per heavy atom. The van der Waals surface area contributed by atoms with Gasteiger partial charge in [0.15, 0.2) is 0 Å². The molecule has 2 heterocycles. The van der Waals surface area contributed by atoms with Crippen molar-refractivity contribution in [2.45, 2.75) is 32.6 Å². The van der Waals surface area contributed by atoms with Gasteiger partial charge in [-0.1, -0.05) is 26.0 Å². The predicted molar refractivity (Wildman–Crippen MR) is 123 cm³/mol. The lowest BCUT2D eigenvalue weighted by atomic mass is 10.0. The Bertz CT molecular complexity index is 1090. The fourth-order valence-electron chi connectivity index (χ4n) is 4.13. The van der Waals surface area contributed by atoms with Crippen molar-refractivity contribution >= 4 is 28.4 Å². The summed E-state index contributed by atoms with van der Waals surface area (Å²) in [5.41, 5.74) is 4.27. The van der Waals surface area contributed by atoms with Crippen LogP contribution in [0, 0.1) is 5.92 Å². The molecule has 1 aromatic heterocycles. The van der Waals surface area contributed by atoms with Gasteiger partial charge in [-0.25, -0.2) is 0 Å². The number of aromatic nitrogens is 1. The second-order valence-electron chi connectivity index (χ2n) is 8.42. The lowest BCUT2D eigenvalue weighted by Gasteiger charge is -2.17. The maximum atomic E-state index is 12.7. The number of H-pyrrole nitrogens is 1. The molecule has 1 saturated heterocycles. The topological polar surface area (TPSA) is 74.4 Å². The van der Waals surface area contributed by atoms with E-state index in [2.05, 4.69) is 36.3 Å². The molecular weight excluding hydrogens is 390 g/mol. The molecule has 0 bridgehead atoms. The molecule has 6 nitrogen and oxygen atoms in total. The first-order chi connectivity index (χ1) is 15.0. The molecule has 1 fully saturated rings. The Hall–Kier alpha value is -3.28. The summed E-state index contributed by atoms with van der Waals surface area (Å²) in [5, 5.41) is 4.11. The fraction of sp³-hybridized carbons (Fsp3) is 0.360. The van der Waals surface area contributed by atoms with Gasteiger partial charge in [-0.3, -0.25) is 9.59 Å². The third kappa shape index (κ3) is 4.43. The zero-order valence-corrected chi connectivity index (χ0v) is 18.3. The summed E-state index contributed by atoms with van der Waals surface area (Å²) in [7, 11) is 1.65. The molecule has 1 aliphatic rings. The average Bonchev–Trinajstić information content (AvgIpc) is 3.36. The smallest absolute Gasteiger partial charge is 0.227 e. The lowest BCUT2D eigenvalue weighted by Crippen LogP contribution is -2.34. The summed E-state index contributed by atoms with van der Waals surface area (Å²) in [4.78, 5) is 30.2. The van der Waals surface area contributed by atoms with Gasteiger partial charge in [-0.15, -0.1) is 0 Å². The third-order valence-electron chi connectivity index (χ3n) is 6.04. The van der Waals surface area contributed by atoms with E-state index in [0.29, 0.717) is 25.4 Å². The molecular formula is C25H29N3O3. The van der Waals surface area contributed by atoms with Gasteiger partial charge in [-0.05, 0) is 53.8 Å². The molecule has 31 heavy (non-hydrogen) atoms. The van der Waals surface area contributed by atoms with Crippen LogP contribution in [0.1, 0.15) is 37.3 Å². The SMILES string of the molecule is COc1ccc2[nH]cc(CCNC(=O)C3CC(=O)N(c4ccc(C(C)C)cc4)C3)c2c1. The largest absolute Gasteiger partial charge is 0.497 e. The fourth-order valence-corrected chi connectivity index (χ4v) is 4.13. The monoisotopic (exact) mass is 419 g/mol. The number of hydrogen-bond donors (Lipinski definition) is 2. The van der Waals surface area contributed by atoms with E-state index < -0.39 is 0 Å². The minimum atomic E-state index is -0.319. The Morgan fingerprint density at radius 2 is 2.00 bits per heavy atom. The number of anilines is 1. The molecule has 0 aliphatic carbocycles. The number of nitrogens with zero attached hydrogens (tertiary/aromatic N) is 1. The summed E-state index contributed by atoms with van der Waals surface area (Å²) in [6.45, 7) is 5.24. The summed E-state index contributed by atoms with van der Waals surface area (Å²) in [5.74, 6) is 0.872. The number of rotatable bonds is 7. The first-order valence-corrected chi connectivity index (χ1v) is 10.8. The minimum Gasteiger partial charge on any atom is -0.497 e. The number of carbonyl (C=O) groups is 2. The van der Waals surface area contributed by atoms with Crippen molar-refractivity contribution in [1.82, 2.24) is 10.3 Å². The van der Waals surface area contributed by atoms with E-state index in [4.69, 9.17) is 4.74 Å². The average molecular weight is 420 g/mol. The van der Waals surface area contributed by atoms with Gasteiger partial charge in [0.2, 0.25) is 11.8 Å². The molecule has 0 radical (unpaired) electrons. The molecule has 6 heteroatoms. The van der Waals surface area contributed by atoms with E-state index in [1.54, 1.807) is 12.0 Å². The Labute approximate surface area is 182 Å². The van der Waals surface area contributed by atoms with Crippen molar-refractivity contribution in [3.05, 3.63) is 59.8 Å². The Balaban J connectivity index is 1.34. The summed E-state index contributed by atoms with van der Waals surface area (Å²) < 4.78 is 5.31. The quantitative estimate of drug-likeness (QED) is 0.608. The van der Waals surface area contributed by atoms with Crippen LogP contribution in [0.15, 0.2) is 48.7 Å². The second-order valence-corrected chi connectivity index (χ2v) is 8.42. The van der Waals surface area contributed by atoms with Gasteiger partial charge in [-0.2, -0.15) is 0 Å². The normalized spacial score (nSPS) is 16.3. The van der Waals surface area contributed by atoms with Crippen molar-refractivity contribution in [3.8, 4) is 5.75 Å². The molecule has 2 aromatic carbocycles. The Morgan fingerprint density at radius 3 is 2.71 bits per heavy atom. The van der Waals surface area contributed by atoms with Crippen LogP contribution in [-0.4, -0.2) is 37.0 Å². The van der Waals surface area contributed by atoms with Crippen molar-refractivity contribution in [2.75, 3.05) is 25.1 Å². The predicted octanol–water partition coefficient (Wildman–Crippen LogP) is 4.01. The number of aromatic amines is 1. The molecule has 162 valence electrons. The van der Waals surface area contributed by atoms with E-state index in [1.807, 2.05) is 36.5 Å². The van der Waals surface area contributed by atoms with E-state index >= 15 is 0 Å². The van der Waals surface area contributed by atoms with Gasteiger partial charge in [0, 0.05) is 42.3 Å². The molecule has 1 atom stereocenters. The van der Waals surface area contributed by atoms with E-state index in [0.717, 1.165) is 27.9 Å². The number of benzene rings is 2. The van der Waals surface area contributed by atoms with Crippen molar-refractivity contribution in [1.29, 1.82) is 0 Å². The molecule has 1 aliphatic heterocycles. The molecule has 4 rings (SSSR count). The first kappa shape index (κ1) is 21.0. The number of carbonyl (C=O) groups excluding carboxylic acids is 2. The zero-order chi connectivity index (χ0) is 22.0. The van der Waals surface area contributed by atoms with Crippen LogP contribution < -0.4 is 15.0 Å². The molecule has 1 unspecified atom stereocenters. The van der Waals surface area contributed by atoms with Crippen molar-refractivity contribution in [3.63, 3.8) is 0 Å². The number of methoxy groups -OCH3 is 1. The van der Waals surface area contributed by atoms with Gasteiger partial charge in [0.25, 0.3) is 0 Å². The van der Waals surface area contributed by atoms with E-state index in [1.165, 1.54) is 5.56 Å². The van der Waals surface area contributed by atoms with Crippen LogP contribution in [0.3, 0.4) is 0 Å². The number of ether oxygens (including phenoxy) is 1. The van der Waals surface area contributed by atoms with Crippen LogP contribution in [-0.2, 0) is 16.0 Å². The minimum absolute atomic E-state index is 0.00108. The molecule has 2 amide bonds. The van der Waals surface area contributed by atoms with Gasteiger partial charge < -0.3 is 19.9 Å². The molecule has 2 N–H and O–H groups in total. The standard InChI is InChI=1S/C25H29N3O3/c1-16(2)17-4-6-20(7-5-17)28-15-19(12-24(28)29)25(30)26-11-10-18-14-27-23-9-8-21(31-3)13-22(18)23/h4-9,13-14,16,19,27H,10-12,15H2,1-3H3,(H,26,30). The third-order valence-corrected chi connectivity index (χ3v) is 6.04. The summed E-state index contributed by atoms with van der Waals surface area (Å²) in [6.07, 6.45) is 2.93. The lowest BCUT2D eigenvalue weighted by molar-refractivity contribution is -0.126. The van der Waals surface area contributed by atoms with Crippen LogP contribution in [0.25, 0.3) is 10.9 Å². The van der Waals surface area contributed by atoms with E-state index in [9.17, 15) is 9.59 Å². The molecule has 0 spiro atoms. The highest BCUT2D eigenvalue weighted by Gasteiger charge is 2.34. The highest BCUT2D eigenvalue weighted by atomic mass is 16.5. The van der Waals surface area contributed by atoms with Crippen LogP contribution >= 0.6 is 0 Å². The second kappa shape index (κ2) is 8.84. The van der Waals surface area contributed by atoms with Crippen molar-refractivity contribution in [2.24, 2.45) is 5.92 Å². The molecule has 3 aromatic rings. The highest BCUT2D eigenvalue weighted by molar-refractivity contribution is 6.00. The maximum absolute atomic E-state index is 12.7. The van der Waals surface area contributed by atoms with Crippen LogP contribution in [0.4, 0.5) is 5.69 Å². The summed E-state index contributed by atoms with van der Waals surface area (Å²) >= 11 is 0. The number of nitrogens with one attached hydrogen (secondary N) is 2. The number of hydrogen-bond acceptors (Lipinski definition) is 3. The zero-order valence-electron chi connectivity index (χ0n) is 18.3. The summed E-state index contributed by atoms with van der Waals surface area (Å²) in [6, 6.07) is 14.0. The Kier molecular flexibility index (Phi) is 5.98.